The predicted molar refractivity (Wildman–Crippen MR) is 76.6 cm³/mol. The molecule has 2 aromatic carbocycles. The Hall–Kier alpha value is -2.29. The summed E-state index contributed by atoms with van der Waals surface area (Å²) >= 11 is 0. The molecule has 0 radical (unpaired) electrons. The molecule has 0 heterocycles. The molecule has 98 valence electrons. The smallest absolute Gasteiger partial charge is 0.305 e. The SMILES string of the molecule is COC(=O)CCc1ccc(-c2ccccc2)c(N)c1. The number of esters is 1. The zero-order valence-corrected chi connectivity index (χ0v) is 10.9. The second-order valence-corrected chi connectivity index (χ2v) is 4.36. The fourth-order valence-corrected chi connectivity index (χ4v) is 2.00. The molecule has 2 aromatic rings. The largest absolute Gasteiger partial charge is 0.469 e. The second-order valence-electron chi connectivity index (χ2n) is 4.36. The van der Waals surface area contributed by atoms with E-state index in [1.807, 2.05) is 48.5 Å². The van der Waals surface area contributed by atoms with E-state index in [4.69, 9.17) is 5.73 Å². The number of ether oxygens (including phenoxy) is 1. The van der Waals surface area contributed by atoms with Crippen molar-refractivity contribution in [3.63, 3.8) is 0 Å². The van der Waals surface area contributed by atoms with E-state index in [1.54, 1.807) is 0 Å². The van der Waals surface area contributed by atoms with Crippen LogP contribution in [0.4, 0.5) is 5.69 Å². The van der Waals surface area contributed by atoms with Gasteiger partial charge in [-0.05, 0) is 23.6 Å². The molecular weight excluding hydrogens is 238 g/mol. The first kappa shape index (κ1) is 13.1. The standard InChI is InChI=1S/C16H17NO2/c1-19-16(18)10-8-12-7-9-14(15(17)11-12)13-5-3-2-4-6-13/h2-7,9,11H,8,10,17H2,1H3. The first-order valence-corrected chi connectivity index (χ1v) is 6.21. The number of rotatable bonds is 4. The van der Waals surface area contributed by atoms with Crippen molar-refractivity contribution in [3.05, 3.63) is 54.1 Å². The summed E-state index contributed by atoms with van der Waals surface area (Å²) in [6.45, 7) is 0. The van der Waals surface area contributed by atoms with Gasteiger partial charge < -0.3 is 10.5 Å². The summed E-state index contributed by atoms with van der Waals surface area (Å²) in [5.41, 5.74) is 9.96. The second kappa shape index (κ2) is 6.05. The van der Waals surface area contributed by atoms with Gasteiger partial charge >= 0.3 is 5.97 Å². The lowest BCUT2D eigenvalue weighted by molar-refractivity contribution is -0.140. The Labute approximate surface area is 113 Å². The third-order valence-electron chi connectivity index (χ3n) is 3.05. The summed E-state index contributed by atoms with van der Waals surface area (Å²) in [4.78, 5) is 11.1. The Kier molecular flexibility index (Phi) is 4.18. The highest BCUT2D eigenvalue weighted by atomic mass is 16.5. The van der Waals surface area contributed by atoms with Gasteiger partial charge in [0.2, 0.25) is 0 Å². The van der Waals surface area contributed by atoms with Crippen LogP contribution in [0, 0.1) is 0 Å². The molecule has 0 bridgehead atoms. The molecule has 0 aliphatic heterocycles. The van der Waals surface area contributed by atoms with Gasteiger partial charge in [0.1, 0.15) is 0 Å². The minimum absolute atomic E-state index is 0.203. The zero-order valence-electron chi connectivity index (χ0n) is 10.9. The van der Waals surface area contributed by atoms with Crippen molar-refractivity contribution >= 4 is 11.7 Å². The van der Waals surface area contributed by atoms with Crippen LogP contribution in [0.1, 0.15) is 12.0 Å². The van der Waals surface area contributed by atoms with Crippen LogP contribution in [0.15, 0.2) is 48.5 Å². The van der Waals surface area contributed by atoms with E-state index in [9.17, 15) is 4.79 Å². The van der Waals surface area contributed by atoms with Crippen molar-refractivity contribution in [2.24, 2.45) is 0 Å². The summed E-state index contributed by atoms with van der Waals surface area (Å²) in [6.07, 6.45) is 1.02. The van der Waals surface area contributed by atoms with Gasteiger partial charge in [-0.1, -0.05) is 42.5 Å². The summed E-state index contributed by atoms with van der Waals surface area (Å²) in [5.74, 6) is -0.203. The molecule has 0 aliphatic rings. The lowest BCUT2D eigenvalue weighted by Gasteiger charge is -2.08. The number of nitrogen functional groups attached to an aromatic ring is 1. The maximum Gasteiger partial charge on any atom is 0.305 e. The first-order chi connectivity index (χ1) is 9.20. The van der Waals surface area contributed by atoms with Crippen molar-refractivity contribution in [2.75, 3.05) is 12.8 Å². The van der Waals surface area contributed by atoms with Crippen LogP contribution in [-0.2, 0) is 16.0 Å². The van der Waals surface area contributed by atoms with Gasteiger partial charge in [0.15, 0.2) is 0 Å². The molecule has 3 heteroatoms. The van der Waals surface area contributed by atoms with E-state index in [0.717, 1.165) is 22.4 Å². The Morgan fingerprint density at radius 3 is 2.53 bits per heavy atom. The molecule has 2 N–H and O–H groups in total. The van der Waals surface area contributed by atoms with E-state index in [0.29, 0.717) is 12.8 Å². The van der Waals surface area contributed by atoms with Gasteiger partial charge in [0.05, 0.1) is 7.11 Å². The highest BCUT2D eigenvalue weighted by Crippen LogP contribution is 2.26. The lowest BCUT2D eigenvalue weighted by atomic mass is 10.00. The fourth-order valence-electron chi connectivity index (χ4n) is 2.00. The topological polar surface area (TPSA) is 52.3 Å². The zero-order chi connectivity index (χ0) is 13.7. The minimum Gasteiger partial charge on any atom is -0.469 e. The van der Waals surface area contributed by atoms with Crippen LogP contribution < -0.4 is 5.73 Å². The Morgan fingerprint density at radius 1 is 1.16 bits per heavy atom. The number of carbonyl (C=O) groups excluding carboxylic acids is 1. The first-order valence-electron chi connectivity index (χ1n) is 6.21. The van der Waals surface area contributed by atoms with Crippen molar-refractivity contribution in [1.82, 2.24) is 0 Å². The van der Waals surface area contributed by atoms with Crippen LogP contribution in [0.25, 0.3) is 11.1 Å². The molecule has 0 unspecified atom stereocenters. The Morgan fingerprint density at radius 2 is 1.89 bits per heavy atom. The Bertz CT molecular complexity index is 564. The van der Waals surface area contributed by atoms with Gasteiger partial charge in [0.25, 0.3) is 0 Å². The summed E-state index contributed by atoms with van der Waals surface area (Å²) in [5, 5.41) is 0. The molecular formula is C16H17NO2. The highest BCUT2D eigenvalue weighted by Gasteiger charge is 2.05. The molecule has 0 saturated carbocycles. The highest BCUT2D eigenvalue weighted by molar-refractivity contribution is 5.77. The minimum atomic E-state index is -0.203. The summed E-state index contributed by atoms with van der Waals surface area (Å²) in [7, 11) is 1.40. The summed E-state index contributed by atoms with van der Waals surface area (Å²) < 4.78 is 4.63. The number of hydrogen-bond donors (Lipinski definition) is 1. The number of carbonyl (C=O) groups is 1. The fraction of sp³-hybridized carbons (Fsp3) is 0.188. The monoisotopic (exact) mass is 255 g/mol. The molecule has 0 amide bonds. The van der Waals surface area contributed by atoms with E-state index in [1.165, 1.54) is 7.11 Å². The maximum atomic E-state index is 11.1. The summed E-state index contributed by atoms with van der Waals surface area (Å²) in [6, 6.07) is 15.9. The predicted octanol–water partition coefficient (Wildman–Crippen LogP) is 3.04. The number of aryl methyl sites for hydroxylation is 1. The van der Waals surface area contributed by atoms with E-state index in [2.05, 4.69) is 4.74 Å². The van der Waals surface area contributed by atoms with Gasteiger partial charge in [0, 0.05) is 17.7 Å². The molecule has 3 nitrogen and oxygen atoms in total. The average molecular weight is 255 g/mol. The van der Waals surface area contributed by atoms with Gasteiger partial charge in [-0.2, -0.15) is 0 Å². The van der Waals surface area contributed by atoms with Gasteiger partial charge in [-0.25, -0.2) is 0 Å². The van der Waals surface area contributed by atoms with Crippen LogP contribution >= 0.6 is 0 Å². The molecule has 2 rings (SSSR count). The molecule has 0 aromatic heterocycles. The van der Waals surface area contributed by atoms with E-state index < -0.39 is 0 Å². The third-order valence-corrected chi connectivity index (χ3v) is 3.05. The van der Waals surface area contributed by atoms with E-state index >= 15 is 0 Å². The molecule has 0 fully saturated rings. The van der Waals surface area contributed by atoms with Crippen molar-refractivity contribution in [3.8, 4) is 11.1 Å². The average Bonchev–Trinajstić information content (AvgIpc) is 2.45. The quantitative estimate of drug-likeness (QED) is 0.675. The molecule has 0 saturated heterocycles. The number of nitrogens with two attached hydrogens (primary N) is 1. The van der Waals surface area contributed by atoms with Crippen molar-refractivity contribution < 1.29 is 9.53 Å². The lowest BCUT2D eigenvalue weighted by Crippen LogP contribution is -2.02. The van der Waals surface area contributed by atoms with Crippen molar-refractivity contribution in [2.45, 2.75) is 12.8 Å². The molecule has 19 heavy (non-hydrogen) atoms. The van der Waals surface area contributed by atoms with Gasteiger partial charge in [-0.15, -0.1) is 0 Å². The number of anilines is 1. The molecule has 0 aliphatic carbocycles. The number of benzene rings is 2. The Balaban J connectivity index is 2.16. The van der Waals surface area contributed by atoms with Crippen molar-refractivity contribution in [1.29, 1.82) is 0 Å². The van der Waals surface area contributed by atoms with Crippen LogP contribution in [-0.4, -0.2) is 13.1 Å². The third kappa shape index (κ3) is 3.35. The number of methoxy groups -OCH3 is 1. The molecule has 0 spiro atoms. The molecule has 0 atom stereocenters. The van der Waals surface area contributed by atoms with Crippen LogP contribution in [0.3, 0.4) is 0 Å². The van der Waals surface area contributed by atoms with Crippen LogP contribution in [0.2, 0.25) is 0 Å². The maximum absolute atomic E-state index is 11.1. The normalized spacial score (nSPS) is 10.2. The van der Waals surface area contributed by atoms with Crippen LogP contribution in [0.5, 0.6) is 0 Å². The van der Waals surface area contributed by atoms with Gasteiger partial charge in [-0.3, -0.25) is 4.79 Å². The number of hydrogen-bond acceptors (Lipinski definition) is 3. The van der Waals surface area contributed by atoms with E-state index in [-0.39, 0.29) is 5.97 Å².